The van der Waals surface area contributed by atoms with Gasteiger partial charge in [0, 0.05) is 5.69 Å². The zero-order chi connectivity index (χ0) is 19.5. The minimum atomic E-state index is -0.0973. The summed E-state index contributed by atoms with van der Waals surface area (Å²) in [5.74, 6) is 0.151. The molecule has 2 aromatic heterocycles. The number of para-hydroxylation sites is 2. The molecule has 146 valence electrons. The molecule has 4 rings (SSSR count). The van der Waals surface area contributed by atoms with Gasteiger partial charge in [0.2, 0.25) is 11.1 Å². The topological polar surface area (TPSA) is 90.5 Å². The van der Waals surface area contributed by atoms with Crippen LogP contribution in [0.5, 0.6) is 0 Å². The van der Waals surface area contributed by atoms with E-state index in [1.165, 1.54) is 24.6 Å². The first-order valence-corrected chi connectivity index (χ1v) is 10.4. The predicted octanol–water partition coefficient (Wildman–Crippen LogP) is 3.32. The largest absolute Gasteiger partial charge is 0.323 e. The Morgan fingerprint density at radius 3 is 2.79 bits per heavy atom. The van der Waals surface area contributed by atoms with Crippen LogP contribution >= 0.6 is 11.8 Å². The van der Waals surface area contributed by atoms with Crippen LogP contribution in [0, 0.1) is 13.8 Å². The average Bonchev–Trinajstić information content (AvgIpc) is 3.41. The first-order chi connectivity index (χ1) is 13.6. The van der Waals surface area contributed by atoms with Crippen molar-refractivity contribution in [1.29, 1.82) is 0 Å². The highest BCUT2D eigenvalue weighted by Gasteiger charge is 2.22. The second-order valence-corrected chi connectivity index (χ2v) is 7.98. The second-order valence-electron chi connectivity index (χ2n) is 7.04. The van der Waals surface area contributed by atoms with Crippen LogP contribution in [0.15, 0.2) is 35.5 Å². The smallest absolute Gasteiger partial charge is 0.234 e. The molecule has 0 bridgehead atoms. The van der Waals surface area contributed by atoms with Gasteiger partial charge in [-0.05, 0) is 55.3 Å². The Hall–Kier alpha value is -2.68. The Labute approximate surface area is 167 Å². The highest BCUT2D eigenvalue weighted by Crippen LogP contribution is 2.31. The number of rotatable bonds is 6. The fourth-order valence-corrected chi connectivity index (χ4v) is 4.36. The van der Waals surface area contributed by atoms with Crippen LogP contribution in [0.1, 0.15) is 43.1 Å². The summed E-state index contributed by atoms with van der Waals surface area (Å²) in [5, 5.41) is 20.2. The molecule has 28 heavy (non-hydrogen) atoms. The molecule has 0 radical (unpaired) electrons. The lowest BCUT2D eigenvalue weighted by molar-refractivity contribution is -0.113. The number of amides is 1. The van der Waals surface area contributed by atoms with Gasteiger partial charge in [-0.1, -0.05) is 36.7 Å². The molecule has 1 aliphatic carbocycles. The van der Waals surface area contributed by atoms with E-state index in [0.29, 0.717) is 11.2 Å². The van der Waals surface area contributed by atoms with Crippen LogP contribution in [0.3, 0.4) is 0 Å². The lowest BCUT2D eigenvalue weighted by Crippen LogP contribution is -2.17. The van der Waals surface area contributed by atoms with Crippen molar-refractivity contribution in [2.75, 3.05) is 11.1 Å². The number of benzene rings is 1. The normalized spacial score (nSPS) is 14.5. The second kappa shape index (κ2) is 8.14. The molecular formula is C19H23N7OS. The minimum absolute atomic E-state index is 0.0973. The van der Waals surface area contributed by atoms with E-state index in [1.54, 1.807) is 0 Å². The molecule has 9 heteroatoms. The third-order valence-corrected chi connectivity index (χ3v) is 5.81. The number of carbonyl (C=O) groups excluding carboxylic acids is 1. The molecule has 0 saturated heterocycles. The van der Waals surface area contributed by atoms with Crippen molar-refractivity contribution in [1.82, 2.24) is 30.0 Å². The van der Waals surface area contributed by atoms with E-state index < -0.39 is 0 Å². The zero-order valence-corrected chi connectivity index (χ0v) is 16.8. The Morgan fingerprint density at radius 2 is 2.04 bits per heavy atom. The third kappa shape index (κ3) is 3.94. The molecule has 0 aliphatic heterocycles. The van der Waals surface area contributed by atoms with Gasteiger partial charge in [-0.25, -0.2) is 9.36 Å². The summed E-state index contributed by atoms with van der Waals surface area (Å²) in [6, 6.07) is 10.0. The van der Waals surface area contributed by atoms with E-state index in [0.717, 1.165) is 35.6 Å². The number of nitrogens with one attached hydrogen (secondary N) is 1. The van der Waals surface area contributed by atoms with Crippen molar-refractivity contribution in [3.05, 3.63) is 41.7 Å². The molecule has 1 aromatic carbocycles. The van der Waals surface area contributed by atoms with Crippen LogP contribution in [-0.2, 0) is 4.79 Å². The average molecular weight is 398 g/mol. The van der Waals surface area contributed by atoms with Gasteiger partial charge in [-0.15, -0.1) is 5.10 Å². The Bertz CT molecular complexity index is 974. The molecule has 1 aliphatic rings. The number of anilines is 1. The van der Waals surface area contributed by atoms with Gasteiger partial charge < -0.3 is 5.32 Å². The molecule has 3 aromatic rings. The van der Waals surface area contributed by atoms with Crippen molar-refractivity contribution < 1.29 is 4.79 Å². The van der Waals surface area contributed by atoms with Gasteiger partial charge in [0.15, 0.2) is 0 Å². The molecule has 0 spiro atoms. The van der Waals surface area contributed by atoms with Crippen LogP contribution in [0.2, 0.25) is 0 Å². The van der Waals surface area contributed by atoms with Crippen LogP contribution in [-0.4, -0.2) is 41.6 Å². The third-order valence-electron chi connectivity index (χ3n) is 4.88. The van der Waals surface area contributed by atoms with Crippen LogP contribution in [0.25, 0.3) is 5.69 Å². The van der Waals surface area contributed by atoms with E-state index in [4.69, 9.17) is 0 Å². The van der Waals surface area contributed by atoms with Crippen LogP contribution in [0.4, 0.5) is 5.69 Å². The Morgan fingerprint density at radius 1 is 1.25 bits per heavy atom. The van der Waals surface area contributed by atoms with E-state index in [9.17, 15) is 4.79 Å². The zero-order valence-electron chi connectivity index (χ0n) is 16.0. The van der Waals surface area contributed by atoms with Crippen molar-refractivity contribution in [3.63, 3.8) is 0 Å². The van der Waals surface area contributed by atoms with Crippen molar-refractivity contribution >= 4 is 23.4 Å². The number of aryl methyl sites for hydroxylation is 2. The van der Waals surface area contributed by atoms with Gasteiger partial charge in [0.05, 0.1) is 28.9 Å². The maximum atomic E-state index is 12.6. The maximum Gasteiger partial charge on any atom is 0.234 e. The fourth-order valence-electron chi connectivity index (χ4n) is 3.61. The minimum Gasteiger partial charge on any atom is -0.323 e. The van der Waals surface area contributed by atoms with Crippen molar-refractivity contribution in [3.8, 4) is 5.69 Å². The van der Waals surface area contributed by atoms with Crippen LogP contribution < -0.4 is 5.32 Å². The number of hydrogen-bond acceptors (Lipinski definition) is 6. The van der Waals surface area contributed by atoms with E-state index in [1.807, 2.05) is 53.5 Å². The molecule has 8 nitrogen and oxygen atoms in total. The van der Waals surface area contributed by atoms with E-state index >= 15 is 0 Å². The summed E-state index contributed by atoms with van der Waals surface area (Å²) < 4.78 is 3.72. The SMILES string of the molecule is Cc1cc(C)n(-c2ccccc2NC(=O)CSc2nnnn2C2CCCC2)n1. The summed E-state index contributed by atoms with van der Waals surface area (Å²) in [6.45, 7) is 3.95. The summed E-state index contributed by atoms with van der Waals surface area (Å²) >= 11 is 1.37. The van der Waals surface area contributed by atoms with Gasteiger partial charge in [0.1, 0.15) is 0 Å². The van der Waals surface area contributed by atoms with Gasteiger partial charge in [-0.3, -0.25) is 4.79 Å². The number of aromatic nitrogens is 6. The molecule has 1 saturated carbocycles. The molecule has 0 unspecified atom stereocenters. The molecule has 1 fully saturated rings. The molecule has 0 atom stereocenters. The van der Waals surface area contributed by atoms with Crippen molar-refractivity contribution in [2.24, 2.45) is 0 Å². The Balaban J connectivity index is 1.44. The number of thioether (sulfide) groups is 1. The predicted molar refractivity (Wildman–Crippen MR) is 108 cm³/mol. The van der Waals surface area contributed by atoms with Gasteiger partial charge in [-0.2, -0.15) is 5.10 Å². The molecule has 1 amide bonds. The fraction of sp³-hybridized carbons (Fsp3) is 0.421. The number of nitrogens with zero attached hydrogens (tertiary/aromatic N) is 6. The summed E-state index contributed by atoms with van der Waals surface area (Å²) in [7, 11) is 0. The first-order valence-electron chi connectivity index (χ1n) is 9.45. The van der Waals surface area contributed by atoms with Crippen molar-refractivity contribution in [2.45, 2.75) is 50.7 Å². The summed E-state index contributed by atoms with van der Waals surface area (Å²) in [6.07, 6.45) is 4.61. The number of tetrazole rings is 1. The highest BCUT2D eigenvalue weighted by molar-refractivity contribution is 7.99. The molecule has 1 N–H and O–H groups in total. The lowest BCUT2D eigenvalue weighted by atomic mass is 10.2. The first kappa shape index (κ1) is 18.7. The summed E-state index contributed by atoms with van der Waals surface area (Å²) in [4.78, 5) is 12.6. The number of hydrogen-bond donors (Lipinski definition) is 1. The Kier molecular flexibility index (Phi) is 5.43. The molecule has 2 heterocycles. The molecular weight excluding hydrogens is 374 g/mol. The van der Waals surface area contributed by atoms with Gasteiger partial charge in [0.25, 0.3) is 0 Å². The monoisotopic (exact) mass is 397 g/mol. The maximum absolute atomic E-state index is 12.6. The van der Waals surface area contributed by atoms with E-state index in [-0.39, 0.29) is 11.7 Å². The lowest BCUT2D eigenvalue weighted by Gasteiger charge is -2.13. The summed E-state index contributed by atoms with van der Waals surface area (Å²) in [5.41, 5.74) is 3.54. The highest BCUT2D eigenvalue weighted by atomic mass is 32.2. The number of carbonyl (C=O) groups is 1. The van der Waals surface area contributed by atoms with E-state index in [2.05, 4.69) is 25.9 Å². The standard InChI is InChI=1S/C19H23N7OS/c1-13-11-14(2)25(22-13)17-10-6-5-9-16(17)20-18(27)12-28-19-21-23-24-26(19)15-7-3-4-8-15/h5-6,9-11,15H,3-4,7-8,12H2,1-2H3,(H,20,27). The van der Waals surface area contributed by atoms with Gasteiger partial charge >= 0.3 is 0 Å². The quantitative estimate of drug-likeness (QED) is 0.642.